The van der Waals surface area contributed by atoms with Crippen LogP contribution in [0.5, 0.6) is 5.75 Å². The Hall–Kier alpha value is -3.09. The zero-order valence-electron chi connectivity index (χ0n) is 15.3. The number of hydrogen-bond acceptors (Lipinski definition) is 4. The van der Waals surface area contributed by atoms with E-state index in [0.717, 1.165) is 27.5 Å². The molecular formula is C22H20N2O3S. The number of sulfonamides is 1. The van der Waals surface area contributed by atoms with Crippen molar-refractivity contribution < 1.29 is 13.2 Å². The third-order valence-electron chi connectivity index (χ3n) is 4.78. The van der Waals surface area contributed by atoms with Crippen LogP contribution in [-0.2, 0) is 16.6 Å². The molecule has 142 valence electrons. The summed E-state index contributed by atoms with van der Waals surface area (Å²) in [6.45, 7) is 0.197. The van der Waals surface area contributed by atoms with Gasteiger partial charge in [-0.1, -0.05) is 42.5 Å². The average molecular weight is 392 g/mol. The number of benzene rings is 4. The van der Waals surface area contributed by atoms with Crippen LogP contribution in [0.2, 0.25) is 0 Å². The van der Waals surface area contributed by atoms with Crippen molar-refractivity contribution in [1.82, 2.24) is 4.72 Å². The van der Waals surface area contributed by atoms with E-state index in [2.05, 4.69) is 4.72 Å². The summed E-state index contributed by atoms with van der Waals surface area (Å²) in [5.41, 5.74) is 7.41. The maximum absolute atomic E-state index is 12.9. The lowest BCUT2D eigenvalue weighted by molar-refractivity contribution is 0.415. The molecule has 0 aliphatic carbocycles. The van der Waals surface area contributed by atoms with Gasteiger partial charge in [0.25, 0.3) is 0 Å². The standard InChI is InChI=1S/C22H20N2O3S/c1-27-18-11-10-16-12-15(8-9-17(16)13-18)14-24-28(25,26)22-7-3-4-19-20(22)5-2-6-21(19)23/h2-13,24H,14,23H2,1H3. The second kappa shape index (κ2) is 7.14. The molecule has 5 nitrogen and oxygen atoms in total. The lowest BCUT2D eigenvalue weighted by atomic mass is 10.1. The largest absolute Gasteiger partial charge is 0.497 e. The van der Waals surface area contributed by atoms with Gasteiger partial charge in [0.1, 0.15) is 5.75 Å². The van der Waals surface area contributed by atoms with E-state index >= 15 is 0 Å². The van der Waals surface area contributed by atoms with E-state index in [1.54, 1.807) is 37.4 Å². The topological polar surface area (TPSA) is 81.4 Å². The Morgan fingerprint density at radius 2 is 1.61 bits per heavy atom. The fraction of sp³-hybridized carbons (Fsp3) is 0.0909. The minimum Gasteiger partial charge on any atom is -0.497 e. The highest BCUT2D eigenvalue weighted by Crippen LogP contribution is 2.27. The molecule has 0 aromatic heterocycles. The van der Waals surface area contributed by atoms with Gasteiger partial charge in [0.2, 0.25) is 10.0 Å². The summed E-state index contributed by atoms with van der Waals surface area (Å²) >= 11 is 0. The van der Waals surface area contributed by atoms with Gasteiger partial charge in [0.05, 0.1) is 12.0 Å². The number of ether oxygens (including phenoxy) is 1. The molecule has 0 aliphatic heterocycles. The smallest absolute Gasteiger partial charge is 0.241 e. The van der Waals surface area contributed by atoms with Gasteiger partial charge in [-0.05, 0) is 46.7 Å². The maximum Gasteiger partial charge on any atom is 0.241 e. The van der Waals surface area contributed by atoms with Crippen molar-refractivity contribution >= 4 is 37.3 Å². The Morgan fingerprint density at radius 1 is 0.893 bits per heavy atom. The van der Waals surface area contributed by atoms with E-state index in [-0.39, 0.29) is 11.4 Å². The Morgan fingerprint density at radius 3 is 2.43 bits per heavy atom. The van der Waals surface area contributed by atoms with E-state index in [1.165, 1.54) is 0 Å². The molecule has 0 spiro atoms. The normalized spacial score (nSPS) is 11.8. The van der Waals surface area contributed by atoms with E-state index in [1.807, 2.05) is 42.5 Å². The third-order valence-corrected chi connectivity index (χ3v) is 6.24. The third kappa shape index (κ3) is 3.40. The first-order chi connectivity index (χ1) is 13.5. The molecule has 0 radical (unpaired) electrons. The summed E-state index contributed by atoms with van der Waals surface area (Å²) < 4.78 is 33.8. The number of methoxy groups -OCH3 is 1. The molecule has 3 N–H and O–H groups in total. The van der Waals surface area contributed by atoms with Crippen molar-refractivity contribution in [2.75, 3.05) is 12.8 Å². The van der Waals surface area contributed by atoms with Crippen LogP contribution in [0, 0.1) is 0 Å². The number of anilines is 1. The predicted octanol–water partition coefficient (Wildman–Crippen LogP) is 4.06. The molecule has 0 heterocycles. The second-order valence-corrected chi connectivity index (χ2v) is 8.31. The van der Waals surface area contributed by atoms with E-state index in [0.29, 0.717) is 11.1 Å². The Kier molecular flexibility index (Phi) is 4.66. The molecule has 4 rings (SSSR count). The van der Waals surface area contributed by atoms with Crippen LogP contribution >= 0.6 is 0 Å². The van der Waals surface area contributed by atoms with Crippen molar-refractivity contribution in [3.63, 3.8) is 0 Å². The van der Waals surface area contributed by atoms with Gasteiger partial charge in [0, 0.05) is 23.0 Å². The van der Waals surface area contributed by atoms with E-state index < -0.39 is 10.0 Å². The highest BCUT2D eigenvalue weighted by molar-refractivity contribution is 7.89. The van der Waals surface area contributed by atoms with Crippen molar-refractivity contribution in [3.05, 3.63) is 78.4 Å². The summed E-state index contributed by atoms with van der Waals surface area (Å²) in [6.07, 6.45) is 0. The molecule has 0 saturated heterocycles. The van der Waals surface area contributed by atoms with Crippen LogP contribution in [0.1, 0.15) is 5.56 Å². The first-order valence-corrected chi connectivity index (χ1v) is 10.3. The molecule has 28 heavy (non-hydrogen) atoms. The molecule has 0 amide bonds. The number of nitrogen functional groups attached to an aromatic ring is 1. The number of hydrogen-bond donors (Lipinski definition) is 2. The second-order valence-electron chi connectivity index (χ2n) is 6.57. The zero-order valence-corrected chi connectivity index (χ0v) is 16.2. The van der Waals surface area contributed by atoms with Crippen molar-refractivity contribution in [2.24, 2.45) is 0 Å². The molecule has 0 fully saturated rings. The molecule has 6 heteroatoms. The zero-order chi connectivity index (χ0) is 19.7. The summed E-state index contributed by atoms with van der Waals surface area (Å²) in [5.74, 6) is 0.788. The summed E-state index contributed by atoms with van der Waals surface area (Å²) in [5, 5.41) is 3.40. The summed E-state index contributed by atoms with van der Waals surface area (Å²) in [4.78, 5) is 0.225. The lowest BCUT2D eigenvalue weighted by Crippen LogP contribution is -2.23. The minimum absolute atomic E-state index is 0.197. The van der Waals surface area contributed by atoms with Crippen molar-refractivity contribution in [3.8, 4) is 5.75 Å². The number of rotatable bonds is 5. The maximum atomic E-state index is 12.9. The Labute approximate surface area is 163 Å². The van der Waals surface area contributed by atoms with Crippen LogP contribution in [0.25, 0.3) is 21.5 Å². The number of nitrogens with two attached hydrogens (primary N) is 1. The highest BCUT2D eigenvalue weighted by atomic mass is 32.2. The average Bonchev–Trinajstić information content (AvgIpc) is 2.71. The SMILES string of the molecule is COc1ccc2cc(CNS(=O)(=O)c3cccc4c(N)cccc34)ccc2c1. The van der Waals surface area contributed by atoms with E-state index in [9.17, 15) is 8.42 Å². The summed E-state index contributed by atoms with van der Waals surface area (Å²) in [7, 11) is -2.06. The minimum atomic E-state index is -3.69. The Balaban J connectivity index is 1.63. The Bertz CT molecular complexity index is 1280. The first kappa shape index (κ1) is 18.3. The predicted molar refractivity (Wildman–Crippen MR) is 113 cm³/mol. The highest BCUT2D eigenvalue weighted by Gasteiger charge is 2.17. The van der Waals surface area contributed by atoms with Crippen LogP contribution in [0.15, 0.2) is 77.7 Å². The van der Waals surface area contributed by atoms with Crippen LogP contribution < -0.4 is 15.2 Å². The van der Waals surface area contributed by atoms with Gasteiger partial charge >= 0.3 is 0 Å². The lowest BCUT2D eigenvalue weighted by Gasteiger charge is -2.11. The number of nitrogens with one attached hydrogen (secondary N) is 1. The first-order valence-electron chi connectivity index (χ1n) is 8.81. The fourth-order valence-electron chi connectivity index (χ4n) is 3.31. The molecular weight excluding hydrogens is 372 g/mol. The van der Waals surface area contributed by atoms with Gasteiger partial charge in [-0.3, -0.25) is 0 Å². The van der Waals surface area contributed by atoms with Crippen LogP contribution in [0.3, 0.4) is 0 Å². The fourth-order valence-corrected chi connectivity index (χ4v) is 4.54. The van der Waals surface area contributed by atoms with Crippen molar-refractivity contribution in [2.45, 2.75) is 11.4 Å². The quantitative estimate of drug-likeness (QED) is 0.502. The molecule has 4 aromatic rings. The van der Waals surface area contributed by atoms with Crippen LogP contribution in [0.4, 0.5) is 5.69 Å². The van der Waals surface area contributed by atoms with Crippen LogP contribution in [-0.4, -0.2) is 15.5 Å². The van der Waals surface area contributed by atoms with Gasteiger partial charge in [-0.2, -0.15) is 0 Å². The molecule has 0 atom stereocenters. The van der Waals surface area contributed by atoms with Gasteiger partial charge < -0.3 is 10.5 Å². The molecule has 0 unspecified atom stereocenters. The number of fused-ring (bicyclic) bond motifs is 2. The molecule has 0 bridgehead atoms. The van der Waals surface area contributed by atoms with Gasteiger partial charge in [-0.25, -0.2) is 13.1 Å². The molecule has 0 aliphatic rings. The summed E-state index contributed by atoms with van der Waals surface area (Å²) in [6, 6.07) is 22.0. The monoisotopic (exact) mass is 392 g/mol. The van der Waals surface area contributed by atoms with Gasteiger partial charge in [-0.15, -0.1) is 0 Å². The van der Waals surface area contributed by atoms with Crippen molar-refractivity contribution in [1.29, 1.82) is 0 Å². The van der Waals surface area contributed by atoms with Gasteiger partial charge in [0.15, 0.2) is 0 Å². The molecule has 4 aromatic carbocycles. The molecule has 0 saturated carbocycles. The van der Waals surface area contributed by atoms with E-state index in [4.69, 9.17) is 10.5 Å².